The molecule has 27 heavy (non-hydrogen) atoms. The molecule has 1 fully saturated rings. The van der Waals surface area contributed by atoms with Crippen LogP contribution in [0, 0.1) is 0 Å². The predicted octanol–water partition coefficient (Wildman–Crippen LogP) is 2.06. The molecular weight excluding hydrogens is 346 g/mol. The zero-order valence-electron chi connectivity index (χ0n) is 15.3. The van der Waals surface area contributed by atoms with Crippen LogP contribution < -0.4 is 9.47 Å². The number of piperidine rings is 1. The Balaban J connectivity index is 1.38. The van der Waals surface area contributed by atoms with Crippen molar-refractivity contribution in [1.29, 1.82) is 0 Å². The number of aryl methyl sites for hydroxylation is 1. The highest BCUT2D eigenvalue weighted by Crippen LogP contribution is 2.22. The summed E-state index contributed by atoms with van der Waals surface area (Å²) in [6.07, 6.45) is 4.83. The minimum absolute atomic E-state index is 0.0142. The first-order chi connectivity index (χ1) is 13.1. The number of hydrogen-bond acceptors (Lipinski definition) is 6. The lowest BCUT2D eigenvalue weighted by Crippen LogP contribution is -2.41. The first kappa shape index (κ1) is 17.3. The molecule has 0 saturated carbocycles. The molecular formula is C19H21N5O3. The molecule has 0 unspecified atom stereocenters. The quantitative estimate of drug-likeness (QED) is 0.702. The lowest BCUT2D eigenvalue weighted by atomic mass is 10.1. The lowest BCUT2D eigenvalue weighted by molar-refractivity contribution is 0.0585. The summed E-state index contributed by atoms with van der Waals surface area (Å²) in [5, 5.41) is 4.15. The van der Waals surface area contributed by atoms with Crippen LogP contribution in [-0.4, -0.2) is 56.9 Å². The maximum Gasteiger partial charge on any atom is 0.260 e. The molecule has 3 aromatic rings. The second-order valence-electron chi connectivity index (χ2n) is 6.53. The fraction of sp³-hybridized carbons (Fsp3) is 0.368. The number of fused-ring (bicyclic) bond motifs is 1. The topological polar surface area (TPSA) is 82.4 Å². The number of carbonyl (C=O) groups excluding carboxylic acids is 1. The van der Waals surface area contributed by atoms with Gasteiger partial charge < -0.3 is 14.4 Å². The van der Waals surface area contributed by atoms with Crippen molar-refractivity contribution in [2.45, 2.75) is 18.9 Å². The van der Waals surface area contributed by atoms with E-state index in [-0.39, 0.29) is 12.0 Å². The summed E-state index contributed by atoms with van der Waals surface area (Å²) in [6.45, 7) is 1.23. The minimum Gasteiger partial charge on any atom is -0.479 e. The van der Waals surface area contributed by atoms with E-state index in [1.807, 2.05) is 29.2 Å². The summed E-state index contributed by atoms with van der Waals surface area (Å²) < 4.78 is 12.8. The molecule has 8 heteroatoms. The van der Waals surface area contributed by atoms with Crippen LogP contribution in [0.3, 0.4) is 0 Å². The molecule has 1 amide bonds. The maximum absolute atomic E-state index is 12.7. The lowest BCUT2D eigenvalue weighted by Gasteiger charge is -2.31. The van der Waals surface area contributed by atoms with E-state index in [0.29, 0.717) is 30.4 Å². The molecule has 8 nitrogen and oxygen atoms in total. The molecule has 2 aromatic heterocycles. The molecule has 0 atom stereocenters. The largest absolute Gasteiger partial charge is 0.479 e. The van der Waals surface area contributed by atoms with Crippen LogP contribution in [-0.2, 0) is 7.05 Å². The zero-order valence-corrected chi connectivity index (χ0v) is 15.3. The first-order valence-electron chi connectivity index (χ1n) is 8.89. The Morgan fingerprint density at radius 2 is 1.93 bits per heavy atom. The summed E-state index contributed by atoms with van der Waals surface area (Å²) >= 11 is 0. The van der Waals surface area contributed by atoms with Crippen LogP contribution in [0.2, 0.25) is 0 Å². The third kappa shape index (κ3) is 3.55. The van der Waals surface area contributed by atoms with E-state index in [9.17, 15) is 4.79 Å². The molecule has 0 aliphatic carbocycles. The Bertz CT molecular complexity index is 963. The van der Waals surface area contributed by atoms with E-state index < -0.39 is 0 Å². The summed E-state index contributed by atoms with van der Waals surface area (Å²) in [6, 6.07) is 7.69. The molecule has 0 radical (unpaired) electrons. The average Bonchev–Trinajstić information content (AvgIpc) is 3.09. The molecule has 0 bridgehead atoms. The van der Waals surface area contributed by atoms with Crippen LogP contribution in [0.25, 0.3) is 11.0 Å². The fourth-order valence-electron chi connectivity index (χ4n) is 3.28. The fourth-order valence-corrected chi connectivity index (χ4v) is 3.28. The number of amides is 1. The molecule has 140 valence electrons. The van der Waals surface area contributed by atoms with E-state index >= 15 is 0 Å². The van der Waals surface area contributed by atoms with Gasteiger partial charge in [0.15, 0.2) is 0 Å². The summed E-state index contributed by atoms with van der Waals surface area (Å²) in [5.41, 5.74) is 2.14. The number of benzene rings is 1. The maximum atomic E-state index is 12.7. The highest BCUT2D eigenvalue weighted by atomic mass is 16.5. The van der Waals surface area contributed by atoms with E-state index in [4.69, 9.17) is 9.47 Å². The monoisotopic (exact) mass is 367 g/mol. The van der Waals surface area contributed by atoms with Crippen molar-refractivity contribution < 1.29 is 14.3 Å². The van der Waals surface area contributed by atoms with Crippen LogP contribution in [0.15, 0.2) is 36.7 Å². The Morgan fingerprint density at radius 3 is 2.67 bits per heavy atom. The van der Waals surface area contributed by atoms with Crippen molar-refractivity contribution >= 4 is 16.9 Å². The second-order valence-corrected chi connectivity index (χ2v) is 6.53. The van der Waals surface area contributed by atoms with Crippen molar-refractivity contribution in [2.75, 3.05) is 20.2 Å². The van der Waals surface area contributed by atoms with Crippen molar-refractivity contribution in [3.63, 3.8) is 0 Å². The number of nitrogens with zero attached hydrogens (tertiary/aromatic N) is 5. The van der Waals surface area contributed by atoms with E-state index in [1.165, 1.54) is 7.11 Å². The van der Waals surface area contributed by atoms with Gasteiger partial charge in [-0.15, -0.1) is 5.10 Å². The normalized spacial score (nSPS) is 15.1. The van der Waals surface area contributed by atoms with Gasteiger partial charge in [-0.3, -0.25) is 9.48 Å². The zero-order chi connectivity index (χ0) is 18.8. The SMILES string of the molecule is COc1nn(C)cc1C(=O)N1CCC(Oc2cnc3ccccc3n2)CC1. The Hall–Kier alpha value is -3.16. The van der Waals surface area contributed by atoms with Crippen molar-refractivity contribution in [3.8, 4) is 11.8 Å². The molecule has 3 heterocycles. The molecule has 1 aliphatic heterocycles. The Labute approximate surface area is 156 Å². The van der Waals surface area contributed by atoms with Gasteiger partial charge in [0.1, 0.15) is 11.7 Å². The Kier molecular flexibility index (Phi) is 4.62. The number of carbonyl (C=O) groups is 1. The van der Waals surface area contributed by atoms with Gasteiger partial charge in [0.05, 0.1) is 24.3 Å². The molecule has 1 saturated heterocycles. The molecule has 1 aromatic carbocycles. The van der Waals surface area contributed by atoms with Crippen LogP contribution in [0.4, 0.5) is 0 Å². The number of hydrogen-bond donors (Lipinski definition) is 0. The van der Waals surface area contributed by atoms with Gasteiger partial charge >= 0.3 is 0 Å². The van der Waals surface area contributed by atoms with E-state index in [0.717, 1.165) is 23.9 Å². The Morgan fingerprint density at radius 1 is 1.19 bits per heavy atom. The third-order valence-corrected chi connectivity index (χ3v) is 4.66. The molecule has 1 aliphatic rings. The third-order valence-electron chi connectivity index (χ3n) is 4.66. The van der Waals surface area contributed by atoms with Gasteiger partial charge in [0, 0.05) is 39.2 Å². The number of methoxy groups -OCH3 is 1. The molecule has 0 N–H and O–H groups in total. The van der Waals surface area contributed by atoms with Crippen LogP contribution in [0.5, 0.6) is 11.8 Å². The van der Waals surface area contributed by atoms with Gasteiger partial charge in [-0.25, -0.2) is 9.97 Å². The van der Waals surface area contributed by atoms with E-state index in [2.05, 4.69) is 15.1 Å². The standard InChI is InChI=1S/C19H21N5O3/c1-23-12-14(18(22-23)26-2)19(25)24-9-7-13(8-10-24)27-17-11-20-15-5-3-4-6-16(15)21-17/h3-6,11-13H,7-10H2,1-2H3. The number of ether oxygens (including phenoxy) is 2. The number of aromatic nitrogens is 4. The highest BCUT2D eigenvalue weighted by molar-refractivity contribution is 5.96. The first-order valence-corrected chi connectivity index (χ1v) is 8.89. The smallest absolute Gasteiger partial charge is 0.260 e. The summed E-state index contributed by atoms with van der Waals surface area (Å²) in [5.74, 6) is 0.809. The highest BCUT2D eigenvalue weighted by Gasteiger charge is 2.28. The number of para-hydroxylation sites is 2. The predicted molar refractivity (Wildman–Crippen MR) is 98.9 cm³/mol. The minimum atomic E-state index is -0.0658. The van der Waals surface area contributed by atoms with Crippen molar-refractivity contribution in [2.24, 2.45) is 7.05 Å². The molecule has 0 spiro atoms. The van der Waals surface area contributed by atoms with Crippen molar-refractivity contribution in [3.05, 3.63) is 42.2 Å². The van der Waals surface area contributed by atoms with Gasteiger partial charge in [0.25, 0.3) is 5.91 Å². The second kappa shape index (κ2) is 7.22. The molecule has 4 rings (SSSR count). The number of rotatable bonds is 4. The van der Waals surface area contributed by atoms with Gasteiger partial charge in [-0.1, -0.05) is 12.1 Å². The summed E-state index contributed by atoms with van der Waals surface area (Å²) in [4.78, 5) is 23.4. The van der Waals surface area contributed by atoms with Crippen molar-refractivity contribution in [1.82, 2.24) is 24.6 Å². The summed E-state index contributed by atoms with van der Waals surface area (Å²) in [7, 11) is 3.29. The van der Waals surface area contributed by atoms with Gasteiger partial charge in [-0.05, 0) is 12.1 Å². The van der Waals surface area contributed by atoms with Gasteiger partial charge in [0.2, 0.25) is 11.8 Å². The van der Waals surface area contributed by atoms with Crippen LogP contribution in [0.1, 0.15) is 23.2 Å². The van der Waals surface area contributed by atoms with E-state index in [1.54, 1.807) is 24.1 Å². The average molecular weight is 367 g/mol. The van der Waals surface area contributed by atoms with Crippen LogP contribution >= 0.6 is 0 Å². The number of likely N-dealkylation sites (tertiary alicyclic amines) is 1. The van der Waals surface area contributed by atoms with Gasteiger partial charge in [-0.2, -0.15) is 0 Å².